The van der Waals surface area contributed by atoms with Gasteiger partial charge in [-0.3, -0.25) is 0 Å². The van der Waals surface area contributed by atoms with Gasteiger partial charge in [0.2, 0.25) is 11.7 Å². The molecule has 18 heavy (non-hydrogen) atoms. The molecule has 2 N–H and O–H groups in total. The Morgan fingerprint density at radius 2 is 2.00 bits per heavy atom. The quantitative estimate of drug-likeness (QED) is 0.900. The zero-order chi connectivity index (χ0) is 12.6. The lowest BCUT2D eigenvalue weighted by Gasteiger charge is -2.33. The molecule has 1 fully saturated rings. The summed E-state index contributed by atoms with van der Waals surface area (Å²) >= 11 is 0. The summed E-state index contributed by atoms with van der Waals surface area (Å²) in [5.41, 5.74) is 8.06. The van der Waals surface area contributed by atoms with Gasteiger partial charge in [-0.05, 0) is 31.2 Å². The first kappa shape index (κ1) is 11.4. The highest BCUT2D eigenvalue weighted by atomic mass is 16.5. The molecule has 1 aromatic heterocycles. The monoisotopic (exact) mass is 243 g/mol. The predicted octanol–water partition coefficient (Wildman–Crippen LogP) is 2.64. The van der Waals surface area contributed by atoms with Crippen molar-refractivity contribution in [3.8, 4) is 11.4 Å². The van der Waals surface area contributed by atoms with Crippen molar-refractivity contribution in [2.75, 3.05) is 0 Å². The number of hydrogen-bond donors (Lipinski definition) is 1. The number of aryl methyl sites for hydroxylation is 1. The van der Waals surface area contributed by atoms with Gasteiger partial charge in [-0.15, -0.1) is 0 Å². The van der Waals surface area contributed by atoms with E-state index in [0.29, 0.717) is 11.7 Å². The fourth-order valence-electron chi connectivity index (χ4n) is 2.20. The van der Waals surface area contributed by atoms with Crippen LogP contribution in [0.3, 0.4) is 0 Å². The topological polar surface area (TPSA) is 64.9 Å². The van der Waals surface area contributed by atoms with Crippen LogP contribution in [-0.4, -0.2) is 10.1 Å². The van der Waals surface area contributed by atoms with Crippen molar-refractivity contribution in [1.82, 2.24) is 10.1 Å². The number of rotatable bonds is 3. The summed E-state index contributed by atoms with van der Waals surface area (Å²) < 4.78 is 5.30. The zero-order valence-electron chi connectivity index (χ0n) is 10.5. The van der Waals surface area contributed by atoms with Crippen molar-refractivity contribution in [3.05, 3.63) is 35.7 Å². The Kier molecular flexibility index (Phi) is 2.67. The maximum Gasteiger partial charge on any atom is 0.247 e. The van der Waals surface area contributed by atoms with Crippen LogP contribution in [0.4, 0.5) is 0 Å². The first-order valence-corrected chi connectivity index (χ1v) is 6.44. The standard InChI is InChI=1S/C14H17N3O/c1-2-10-4-6-11(7-5-10)12-16-13(18-17-12)14(15)8-3-9-14/h4-7H,2-3,8-9,15H2,1H3. The minimum Gasteiger partial charge on any atom is -0.337 e. The second-order valence-electron chi connectivity index (χ2n) is 4.98. The van der Waals surface area contributed by atoms with E-state index in [2.05, 4.69) is 29.2 Å². The molecule has 4 heteroatoms. The van der Waals surface area contributed by atoms with E-state index < -0.39 is 0 Å². The molecule has 0 saturated heterocycles. The lowest BCUT2D eigenvalue weighted by atomic mass is 9.78. The largest absolute Gasteiger partial charge is 0.337 e. The lowest BCUT2D eigenvalue weighted by molar-refractivity contribution is 0.181. The molecule has 3 rings (SSSR count). The van der Waals surface area contributed by atoms with Gasteiger partial charge in [0.1, 0.15) is 0 Å². The highest BCUT2D eigenvalue weighted by Crippen LogP contribution is 2.38. The summed E-state index contributed by atoms with van der Waals surface area (Å²) in [5.74, 6) is 1.20. The first-order chi connectivity index (χ1) is 8.71. The van der Waals surface area contributed by atoms with Crippen LogP contribution >= 0.6 is 0 Å². The van der Waals surface area contributed by atoms with Gasteiger partial charge in [-0.2, -0.15) is 4.98 Å². The van der Waals surface area contributed by atoms with E-state index in [9.17, 15) is 0 Å². The Morgan fingerprint density at radius 3 is 2.56 bits per heavy atom. The average molecular weight is 243 g/mol. The van der Waals surface area contributed by atoms with Gasteiger partial charge in [0.05, 0.1) is 5.54 Å². The third-order valence-corrected chi connectivity index (χ3v) is 3.72. The average Bonchev–Trinajstić information content (AvgIpc) is 2.86. The van der Waals surface area contributed by atoms with Crippen molar-refractivity contribution < 1.29 is 4.52 Å². The Bertz CT molecular complexity index is 540. The van der Waals surface area contributed by atoms with Crippen molar-refractivity contribution >= 4 is 0 Å². The molecule has 0 unspecified atom stereocenters. The molecule has 1 heterocycles. The molecule has 1 aliphatic rings. The van der Waals surface area contributed by atoms with Crippen LogP contribution in [-0.2, 0) is 12.0 Å². The number of nitrogens with zero attached hydrogens (tertiary/aromatic N) is 2. The van der Waals surface area contributed by atoms with E-state index in [4.69, 9.17) is 10.3 Å². The van der Waals surface area contributed by atoms with Crippen molar-refractivity contribution in [2.45, 2.75) is 38.1 Å². The van der Waals surface area contributed by atoms with Crippen LogP contribution in [0.1, 0.15) is 37.6 Å². The number of hydrogen-bond acceptors (Lipinski definition) is 4. The first-order valence-electron chi connectivity index (χ1n) is 6.44. The fraction of sp³-hybridized carbons (Fsp3) is 0.429. The summed E-state index contributed by atoms with van der Waals surface area (Å²) in [4.78, 5) is 4.43. The summed E-state index contributed by atoms with van der Waals surface area (Å²) in [6.45, 7) is 2.14. The van der Waals surface area contributed by atoms with E-state index >= 15 is 0 Å². The molecule has 1 saturated carbocycles. The maximum atomic E-state index is 6.16. The lowest BCUT2D eigenvalue weighted by Crippen LogP contribution is -2.43. The van der Waals surface area contributed by atoms with Gasteiger partial charge in [0.25, 0.3) is 0 Å². The molecule has 0 aliphatic heterocycles. The van der Waals surface area contributed by atoms with Crippen LogP contribution in [0.15, 0.2) is 28.8 Å². The minimum absolute atomic E-state index is 0.380. The Balaban J connectivity index is 1.88. The normalized spacial score (nSPS) is 17.4. The van der Waals surface area contributed by atoms with Crippen LogP contribution < -0.4 is 5.73 Å². The molecule has 0 amide bonds. The molecule has 1 aliphatic carbocycles. The summed E-state index contributed by atoms with van der Waals surface area (Å²) in [7, 11) is 0. The molecule has 4 nitrogen and oxygen atoms in total. The predicted molar refractivity (Wildman–Crippen MR) is 68.8 cm³/mol. The molecular weight excluding hydrogens is 226 g/mol. The minimum atomic E-state index is -0.380. The highest BCUT2D eigenvalue weighted by molar-refractivity contribution is 5.54. The second-order valence-corrected chi connectivity index (χ2v) is 4.98. The Labute approximate surface area is 106 Å². The number of benzene rings is 1. The molecular formula is C14H17N3O. The Hall–Kier alpha value is -1.68. The molecule has 0 atom stereocenters. The van der Waals surface area contributed by atoms with Crippen LogP contribution in [0, 0.1) is 0 Å². The smallest absolute Gasteiger partial charge is 0.247 e. The molecule has 94 valence electrons. The van der Waals surface area contributed by atoms with Gasteiger partial charge in [-0.1, -0.05) is 36.3 Å². The summed E-state index contributed by atoms with van der Waals surface area (Å²) in [6.07, 6.45) is 4.04. The molecule has 0 bridgehead atoms. The van der Waals surface area contributed by atoms with Gasteiger partial charge >= 0.3 is 0 Å². The number of aromatic nitrogens is 2. The maximum absolute atomic E-state index is 6.16. The molecule has 1 aromatic carbocycles. The highest BCUT2D eigenvalue weighted by Gasteiger charge is 2.39. The van der Waals surface area contributed by atoms with Crippen LogP contribution in [0.2, 0.25) is 0 Å². The Morgan fingerprint density at radius 1 is 1.28 bits per heavy atom. The van der Waals surface area contributed by atoms with Crippen molar-refractivity contribution in [3.63, 3.8) is 0 Å². The van der Waals surface area contributed by atoms with E-state index in [0.717, 1.165) is 31.2 Å². The van der Waals surface area contributed by atoms with Crippen molar-refractivity contribution in [2.24, 2.45) is 5.73 Å². The van der Waals surface area contributed by atoms with Gasteiger partial charge in [0, 0.05) is 5.56 Å². The van der Waals surface area contributed by atoms with E-state index in [1.807, 2.05) is 12.1 Å². The van der Waals surface area contributed by atoms with Gasteiger partial charge < -0.3 is 10.3 Å². The molecule has 2 aromatic rings. The summed E-state index contributed by atoms with van der Waals surface area (Å²) in [6, 6.07) is 8.23. The van der Waals surface area contributed by atoms with E-state index in [1.165, 1.54) is 5.56 Å². The fourth-order valence-corrected chi connectivity index (χ4v) is 2.20. The molecule has 0 radical (unpaired) electrons. The zero-order valence-corrected chi connectivity index (χ0v) is 10.5. The van der Waals surface area contributed by atoms with Gasteiger partial charge in [0.15, 0.2) is 0 Å². The van der Waals surface area contributed by atoms with E-state index in [1.54, 1.807) is 0 Å². The third-order valence-electron chi connectivity index (χ3n) is 3.72. The van der Waals surface area contributed by atoms with Gasteiger partial charge in [-0.25, -0.2) is 0 Å². The van der Waals surface area contributed by atoms with Crippen molar-refractivity contribution in [1.29, 1.82) is 0 Å². The summed E-state index contributed by atoms with van der Waals surface area (Å²) in [5, 5.41) is 4.02. The van der Waals surface area contributed by atoms with Crippen LogP contribution in [0.25, 0.3) is 11.4 Å². The second kappa shape index (κ2) is 4.21. The van der Waals surface area contributed by atoms with E-state index in [-0.39, 0.29) is 5.54 Å². The third kappa shape index (κ3) is 1.82. The molecule has 0 spiro atoms. The number of nitrogens with two attached hydrogens (primary N) is 1. The SMILES string of the molecule is CCc1ccc(-c2noc(C3(N)CCC3)n2)cc1. The van der Waals surface area contributed by atoms with Crippen LogP contribution in [0.5, 0.6) is 0 Å².